The van der Waals surface area contributed by atoms with Crippen molar-refractivity contribution in [3.8, 4) is 6.07 Å². The summed E-state index contributed by atoms with van der Waals surface area (Å²) in [7, 11) is 0. The van der Waals surface area contributed by atoms with E-state index in [2.05, 4.69) is 60.0 Å². The third kappa shape index (κ3) is 5.16. The van der Waals surface area contributed by atoms with E-state index in [4.69, 9.17) is 17.5 Å². The lowest BCUT2D eigenvalue weighted by molar-refractivity contribution is 0.768. The van der Waals surface area contributed by atoms with E-state index >= 15 is 0 Å². The molecule has 3 aromatic rings. The van der Waals surface area contributed by atoms with Crippen LogP contribution in [0.15, 0.2) is 78.9 Å². The summed E-state index contributed by atoms with van der Waals surface area (Å²) >= 11 is 5.55. The molecule has 0 amide bonds. The molecule has 4 heteroatoms. The normalized spacial score (nSPS) is 11.3. The quantitative estimate of drug-likeness (QED) is 0.610. The summed E-state index contributed by atoms with van der Waals surface area (Å²) in [6.45, 7) is 2.09. The van der Waals surface area contributed by atoms with Crippen LogP contribution in [0.4, 0.5) is 5.69 Å². The molecule has 0 aliphatic heterocycles. The molecule has 3 rings (SSSR count). The van der Waals surface area contributed by atoms with Crippen molar-refractivity contribution in [2.75, 3.05) is 5.32 Å². The highest BCUT2D eigenvalue weighted by molar-refractivity contribution is 7.80. The van der Waals surface area contributed by atoms with E-state index in [9.17, 15) is 0 Å². The van der Waals surface area contributed by atoms with Crippen molar-refractivity contribution in [3.63, 3.8) is 0 Å². The standard InChI is InChI=1S/C23H21N3S/c1-17-6-5-9-20(16-17)22(19-7-3-2-4-8-19)26-23(27)25-21-12-10-18(11-13-21)14-15-24/h2-13,16,22H,14H2,1H3,(H2,25,26,27). The minimum absolute atomic E-state index is 0.0380. The summed E-state index contributed by atoms with van der Waals surface area (Å²) in [5, 5.41) is 16.0. The van der Waals surface area contributed by atoms with Crippen molar-refractivity contribution in [3.05, 3.63) is 101 Å². The van der Waals surface area contributed by atoms with E-state index in [-0.39, 0.29) is 6.04 Å². The van der Waals surface area contributed by atoms with Crippen LogP contribution in [-0.4, -0.2) is 5.11 Å². The number of hydrogen-bond acceptors (Lipinski definition) is 2. The third-order valence-corrected chi connectivity index (χ3v) is 4.50. The van der Waals surface area contributed by atoms with E-state index in [1.807, 2.05) is 42.5 Å². The lowest BCUT2D eigenvalue weighted by Gasteiger charge is -2.22. The van der Waals surface area contributed by atoms with Gasteiger partial charge in [-0.25, -0.2) is 0 Å². The maximum Gasteiger partial charge on any atom is 0.171 e. The van der Waals surface area contributed by atoms with Gasteiger partial charge in [0.15, 0.2) is 5.11 Å². The highest BCUT2D eigenvalue weighted by atomic mass is 32.1. The van der Waals surface area contributed by atoms with Crippen LogP contribution in [0.25, 0.3) is 0 Å². The Bertz CT molecular complexity index is 943. The Hall–Kier alpha value is -3.16. The SMILES string of the molecule is Cc1cccc(C(NC(=S)Nc2ccc(CC#N)cc2)c2ccccc2)c1. The largest absolute Gasteiger partial charge is 0.352 e. The van der Waals surface area contributed by atoms with Gasteiger partial charge in [-0.1, -0.05) is 72.3 Å². The van der Waals surface area contributed by atoms with Gasteiger partial charge in [-0.15, -0.1) is 0 Å². The number of anilines is 1. The average molecular weight is 372 g/mol. The van der Waals surface area contributed by atoms with E-state index in [0.29, 0.717) is 11.5 Å². The maximum atomic E-state index is 8.77. The molecular formula is C23H21N3S. The fourth-order valence-electron chi connectivity index (χ4n) is 2.95. The van der Waals surface area contributed by atoms with Gasteiger partial charge >= 0.3 is 0 Å². The fraction of sp³-hybridized carbons (Fsp3) is 0.130. The van der Waals surface area contributed by atoms with Crippen LogP contribution in [0.1, 0.15) is 28.3 Å². The minimum Gasteiger partial charge on any atom is -0.352 e. The van der Waals surface area contributed by atoms with Gasteiger partial charge in [0.25, 0.3) is 0 Å². The molecule has 1 atom stereocenters. The van der Waals surface area contributed by atoms with Crippen LogP contribution >= 0.6 is 12.2 Å². The lowest BCUT2D eigenvalue weighted by Crippen LogP contribution is -2.33. The van der Waals surface area contributed by atoms with Crippen LogP contribution in [0, 0.1) is 18.3 Å². The predicted octanol–water partition coefficient (Wildman–Crippen LogP) is 5.14. The highest BCUT2D eigenvalue weighted by Gasteiger charge is 2.15. The third-order valence-electron chi connectivity index (χ3n) is 4.28. The molecule has 3 nitrogen and oxygen atoms in total. The number of hydrogen-bond donors (Lipinski definition) is 2. The summed E-state index contributed by atoms with van der Waals surface area (Å²) in [5.41, 5.74) is 5.41. The van der Waals surface area contributed by atoms with Crippen LogP contribution in [0.5, 0.6) is 0 Å². The van der Waals surface area contributed by atoms with Crippen LogP contribution in [0.2, 0.25) is 0 Å². The lowest BCUT2D eigenvalue weighted by atomic mass is 9.97. The Morgan fingerprint density at radius 3 is 2.33 bits per heavy atom. The molecule has 0 radical (unpaired) electrons. The molecule has 1 unspecified atom stereocenters. The second-order valence-electron chi connectivity index (χ2n) is 6.39. The predicted molar refractivity (Wildman–Crippen MR) is 115 cm³/mol. The van der Waals surface area contributed by atoms with E-state index in [0.717, 1.165) is 22.4 Å². The molecule has 0 aromatic heterocycles. The van der Waals surface area contributed by atoms with Gasteiger partial charge in [-0.05, 0) is 48.0 Å². The molecule has 2 N–H and O–H groups in total. The maximum absolute atomic E-state index is 8.77. The van der Waals surface area contributed by atoms with E-state index in [1.165, 1.54) is 5.56 Å². The molecule has 0 aliphatic rings. The van der Waals surface area contributed by atoms with Crippen LogP contribution in [0.3, 0.4) is 0 Å². The molecule has 0 spiro atoms. The van der Waals surface area contributed by atoms with Gasteiger partial charge in [-0.2, -0.15) is 5.26 Å². The van der Waals surface area contributed by atoms with E-state index < -0.39 is 0 Å². The molecular weight excluding hydrogens is 350 g/mol. The van der Waals surface area contributed by atoms with Crippen molar-refractivity contribution in [2.24, 2.45) is 0 Å². The number of nitriles is 1. The smallest absolute Gasteiger partial charge is 0.171 e. The van der Waals surface area contributed by atoms with Crippen molar-refractivity contribution in [2.45, 2.75) is 19.4 Å². The second-order valence-corrected chi connectivity index (χ2v) is 6.80. The number of nitrogens with one attached hydrogen (secondary N) is 2. The first-order chi connectivity index (χ1) is 13.2. The number of benzene rings is 3. The average Bonchev–Trinajstić information content (AvgIpc) is 2.68. The Labute approximate surface area is 165 Å². The molecule has 0 fully saturated rings. The number of nitrogens with zero attached hydrogens (tertiary/aromatic N) is 1. The Kier molecular flexibility index (Phi) is 6.19. The van der Waals surface area contributed by atoms with E-state index in [1.54, 1.807) is 0 Å². The topological polar surface area (TPSA) is 47.8 Å². The van der Waals surface area contributed by atoms with Gasteiger partial charge in [0.1, 0.15) is 0 Å². The first-order valence-electron chi connectivity index (χ1n) is 8.80. The molecule has 0 bridgehead atoms. The van der Waals surface area contributed by atoms with Gasteiger partial charge in [0.05, 0.1) is 18.5 Å². The first-order valence-corrected chi connectivity index (χ1v) is 9.21. The number of thiocarbonyl (C=S) groups is 1. The fourth-order valence-corrected chi connectivity index (χ4v) is 3.19. The first kappa shape index (κ1) is 18.6. The van der Waals surface area contributed by atoms with Crippen molar-refractivity contribution < 1.29 is 0 Å². The second kappa shape index (κ2) is 8.98. The van der Waals surface area contributed by atoms with Gasteiger partial charge < -0.3 is 10.6 Å². The van der Waals surface area contributed by atoms with Crippen molar-refractivity contribution in [1.29, 1.82) is 5.26 Å². The molecule has 0 saturated carbocycles. The Morgan fingerprint density at radius 1 is 0.963 bits per heavy atom. The Balaban J connectivity index is 1.77. The van der Waals surface area contributed by atoms with Crippen LogP contribution < -0.4 is 10.6 Å². The summed E-state index contributed by atoms with van der Waals surface area (Å²) < 4.78 is 0. The minimum atomic E-state index is -0.0380. The number of aryl methyl sites for hydroxylation is 1. The van der Waals surface area contributed by atoms with Crippen molar-refractivity contribution >= 4 is 23.0 Å². The summed E-state index contributed by atoms with van der Waals surface area (Å²) in [5.74, 6) is 0. The van der Waals surface area contributed by atoms with Gasteiger partial charge in [-0.3, -0.25) is 0 Å². The summed E-state index contributed by atoms with van der Waals surface area (Å²) in [6.07, 6.45) is 0.409. The zero-order valence-electron chi connectivity index (χ0n) is 15.1. The van der Waals surface area contributed by atoms with Crippen molar-refractivity contribution in [1.82, 2.24) is 5.32 Å². The summed E-state index contributed by atoms with van der Waals surface area (Å²) in [6, 6.07) is 28.5. The Morgan fingerprint density at radius 2 is 1.67 bits per heavy atom. The molecule has 27 heavy (non-hydrogen) atoms. The molecule has 0 heterocycles. The zero-order valence-corrected chi connectivity index (χ0v) is 16.0. The highest BCUT2D eigenvalue weighted by Crippen LogP contribution is 2.23. The van der Waals surface area contributed by atoms with Gasteiger partial charge in [0.2, 0.25) is 0 Å². The molecule has 0 saturated heterocycles. The molecule has 0 aliphatic carbocycles. The summed E-state index contributed by atoms with van der Waals surface area (Å²) in [4.78, 5) is 0. The molecule has 134 valence electrons. The van der Waals surface area contributed by atoms with Gasteiger partial charge in [0, 0.05) is 5.69 Å². The zero-order chi connectivity index (χ0) is 19.1. The molecule has 3 aromatic carbocycles. The monoisotopic (exact) mass is 371 g/mol. The number of rotatable bonds is 5. The van der Waals surface area contributed by atoms with Crippen LogP contribution in [-0.2, 0) is 6.42 Å².